The zero-order valence-corrected chi connectivity index (χ0v) is 14.7. The molecule has 0 atom stereocenters. The number of amides is 1. The summed E-state index contributed by atoms with van der Waals surface area (Å²) in [5.74, 6) is -0.0507. The van der Waals surface area contributed by atoms with Crippen LogP contribution in [0.5, 0.6) is 5.75 Å². The highest BCUT2D eigenvalue weighted by molar-refractivity contribution is 9.10. The fraction of sp³-hybridized carbons (Fsp3) is 0.143. The molecule has 1 heterocycles. The number of hydrogen-bond donors (Lipinski definition) is 2. The number of ether oxygens (including phenoxy) is 1. The van der Waals surface area contributed by atoms with Crippen LogP contribution in [0.15, 0.2) is 41.1 Å². The summed E-state index contributed by atoms with van der Waals surface area (Å²) >= 11 is 3.25. The molecule has 0 radical (unpaired) electrons. The molecular formula is C14H14BrN3O4S. The van der Waals surface area contributed by atoms with Crippen LogP contribution in [0.1, 0.15) is 10.4 Å². The number of hydrogen-bond acceptors (Lipinski definition) is 5. The second kappa shape index (κ2) is 6.97. The number of halogens is 1. The number of methoxy groups -OCH3 is 1. The van der Waals surface area contributed by atoms with Gasteiger partial charge in [-0.05, 0) is 34.1 Å². The highest BCUT2D eigenvalue weighted by Crippen LogP contribution is 2.28. The summed E-state index contributed by atoms with van der Waals surface area (Å²) in [6.07, 6.45) is 4.06. The first-order chi connectivity index (χ1) is 10.8. The number of sulfonamides is 1. The topological polar surface area (TPSA) is 97.4 Å². The van der Waals surface area contributed by atoms with Crippen molar-refractivity contribution >= 4 is 43.2 Å². The Morgan fingerprint density at radius 2 is 2.00 bits per heavy atom. The first kappa shape index (κ1) is 17.2. The second-order valence-corrected chi connectivity index (χ2v) is 7.30. The molecular weight excluding hydrogens is 386 g/mol. The average Bonchev–Trinajstić information content (AvgIpc) is 2.47. The molecule has 0 aliphatic heterocycles. The van der Waals surface area contributed by atoms with Crippen molar-refractivity contribution < 1.29 is 17.9 Å². The summed E-state index contributed by atoms with van der Waals surface area (Å²) < 4.78 is 30.8. The van der Waals surface area contributed by atoms with Crippen molar-refractivity contribution in [3.8, 4) is 5.75 Å². The van der Waals surface area contributed by atoms with E-state index in [2.05, 4.69) is 31.0 Å². The Kier molecular flexibility index (Phi) is 5.22. The normalized spacial score (nSPS) is 10.9. The van der Waals surface area contributed by atoms with Crippen molar-refractivity contribution in [2.24, 2.45) is 0 Å². The fourth-order valence-corrected chi connectivity index (χ4v) is 2.73. The zero-order chi connectivity index (χ0) is 17.0. The van der Waals surface area contributed by atoms with Crippen molar-refractivity contribution in [3.05, 3.63) is 46.7 Å². The van der Waals surface area contributed by atoms with Gasteiger partial charge in [-0.3, -0.25) is 14.5 Å². The molecule has 0 saturated carbocycles. The maximum Gasteiger partial charge on any atom is 0.257 e. The Morgan fingerprint density at radius 1 is 1.26 bits per heavy atom. The van der Waals surface area contributed by atoms with Gasteiger partial charge in [0.15, 0.2) is 0 Å². The molecule has 7 nitrogen and oxygen atoms in total. The second-order valence-electron chi connectivity index (χ2n) is 4.64. The van der Waals surface area contributed by atoms with Gasteiger partial charge in [-0.2, -0.15) is 0 Å². The lowest BCUT2D eigenvalue weighted by Crippen LogP contribution is -2.13. The number of benzene rings is 1. The van der Waals surface area contributed by atoms with Crippen molar-refractivity contribution in [2.75, 3.05) is 23.4 Å². The molecule has 2 aromatic rings. The molecule has 0 spiro atoms. The van der Waals surface area contributed by atoms with E-state index >= 15 is 0 Å². The third-order valence-corrected chi connectivity index (χ3v) is 3.75. The van der Waals surface area contributed by atoms with E-state index in [1.165, 1.54) is 25.4 Å². The van der Waals surface area contributed by atoms with Gasteiger partial charge >= 0.3 is 0 Å². The summed E-state index contributed by atoms with van der Waals surface area (Å²) in [5, 5.41) is 2.69. The Morgan fingerprint density at radius 3 is 2.61 bits per heavy atom. The van der Waals surface area contributed by atoms with Gasteiger partial charge in [0.05, 0.1) is 24.6 Å². The number of rotatable bonds is 5. The van der Waals surface area contributed by atoms with E-state index in [0.717, 1.165) is 6.26 Å². The molecule has 0 aliphatic carbocycles. The number of carbonyl (C=O) groups is 1. The van der Waals surface area contributed by atoms with Crippen LogP contribution in [0.4, 0.5) is 11.4 Å². The molecule has 0 fully saturated rings. The number of anilines is 2. The predicted octanol–water partition coefficient (Wildman–Crippen LogP) is 2.48. The van der Waals surface area contributed by atoms with Crippen LogP contribution in [0.3, 0.4) is 0 Å². The largest absolute Gasteiger partial charge is 0.494 e. The number of aromatic nitrogens is 1. The average molecular weight is 400 g/mol. The molecule has 0 bridgehead atoms. The minimum absolute atomic E-state index is 0.289. The van der Waals surface area contributed by atoms with Gasteiger partial charge in [-0.15, -0.1) is 0 Å². The Bertz CT molecular complexity index is 840. The van der Waals surface area contributed by atoms with Crippen LogP contribution in [0.25, 0.3) is 0 Å². The summed E-state index contributed by atoms with van der Waals surface area (Å²) in [6, 6.07) is 6.24. The molecule has 122 valence electrons. The van der Waals surface area contributed by atoms with Crippen LogP contribution in [-0.2, 0) is 10.0 Å². The SMILES string of the molecule is COc1cc(NC(=O)c2cncc(Br)c2)ccc1NS(C)(=O)=O. The van der Waals surface area contributed by atoms with Gasteiger partial charge in [0.2, 0.25) is 10.0 Å². The lowest BCUT2D eigenvalue weighted by atomic mass is 10.2. The Hall–Kier alpha value is -2.13. The van der Waals surface area contributed by atoms with Gasteiger partial charge in [-0.25, -0.2) is 8.42 Å². The molecule has 9 heteroatoms. The molecule has 2 rings (SSSR count). The van der Waals surface area contributed by atoms with E-state index in [9.17, 15) is 13.2 Å². The number of nitrogens with zero attached hydrogens (tertiary/aromatic N) is 1. The van der Waals surface area contributed by atoms with Crippen LogP contribution < -0.4 is 14.8 Å². The van der Waals surface area contributed by atoms with Crippen LogP contribution in [0.2, 0.25) is 0 Å². The maximum absolute atomic E-state index is 12.2. The third kappa shape index (κ3) is 4.93. The van der Waals surface area contributed by atoms with Crippen molar-refractivity contribution in [3.63, 3.8) is 0 Å². The minimum atomic E-state index is -3.42. The van der Waals surface area contributed by atoms with E-state index in [4.69, 9.17) is 4.74 Å². The summed E-state index contributed by atoms with van der Waals surface area (Å²) in [4.78, 5) is 16.1. The van der Waals surface area contributed by atoms with Crippen LogP contribution >= 0.6 is 15.9 Å². The molecule has 0 unspecified atom stereocenters. The van der Waals surface area contributed by atoms with E-state index in [1.807, 2.05) is 0 Å². The smallest absolute Gasteiger partial charge is 0.257 e. The lowest BCUT2D eigenvalue weighted by Gasteiger charge is -2.12. The van der Waals surface area contributed by atoms with Gasteiger partial charge in [0, 0.05) is 28.6 Å². The lowest BCUT2D eigenvalue weighted by molar-refractivity contribution is 0.102. The molecule has 1 amide bonds. The molecule has 2 N–H and O–H groups in total. The highest BCUT2D eigenvalue weighted by Gasteiger charge is 2.12. The van der Waals surface area contributed by atoms with Crippen molar-refractivity contribution in [1.29, 1.82) is 0 Å². The van der Waals surface area contributed by atoms with E-state index in [0.29, 0.717) is 21.5 Å². The van der Waals surface area contributed by atoms with Crippen LogP contribution in [-0.4, -0.2) is 32.7 Å². The van der Waals surface area contributed by atoms with Crippen molar-refractivity contribution in [1.82, 2.24) is 4.98 Å². The first-order valence-electron chi connectivity index (χ1n) is 6.36. The highest BCUT2D eigenvalue weighted by atomic mass is 79.9. The van der Waals surface area contributed by atoms with Gasteiger partial charge in [-0.1, -0.05) is 0 Å². The maximum atomic E-state index is 12.2. The standard InChI is InChI=1S/C14H14BrN3O4S/c1-22-13-6-11(3-4-12(13)18-23(2,20)21)17-14(19)9-5-10(15)8-16-7-9/h3-8,18H,1-2H3,(H,17,19). The monoisotopic (exact) mass is 399 g/mol. The minimum Gasteiger partial charge on any atom is -0.494 e. The Labute approximate surface area is 142 Å². The zero-order valence-electron chi connectivity index (χ0n) is 12.3. The molecule has 1 aromatic carbocycles. The summed E-state index contributed by atoms with van der Waals surface area (Å²) in [6.45, 7) is 0. The predicted molar refractivity (Wildman–Crippen MR) is 91.4 cm³/mol. The molecule has 23 heavy (non-hydrogen) atoms. The number of nitrogens with one attached hydrogen (secondary N) is 2. The fourth-order valence-electron chi connectivity index (χ4n) is 1.79. The number of carbonyl (C=O) groups excluding carboxylic acids is 1. The third-order valence-electron chi connectivity index (χ3n) is 2.72. The van der Waals surface area contributed by atoms with Gasteiger partial charge in [0.25, 0.3) is 5.91 Å². The molecule has 0 saturated heterocycles. The first-order valence-corrected chi connectivity index (χ1v) is 9.04. The summed E-state index contributed by atoms with van der Waals surface area (Å²) in [5.41, 5.74) is 1.14. The van der Waals surface area contributed by atoms with E-state index < -0.39 is 10.0 Å². The number of pyridine rings is 1. The molecule has 0 aliphatic rings. The van der Waals surface area contributed by atoms with Crippen LogP contribution in [0, 0.1) is 0 Å². The quantitative estimate of drug-likeness (QED) is 0.804. The molecule has 1 aromatic heterocycles. The Balaban J connectivity index is 2.22. The summed E-state index contributed by atoms with van der Waals surface area (Å²) in [7, 11) is -2.01. The van der Waals surface area contributed by atoms with E-state index in [1.54, 1.807) is 18.3 Å². The van der Waals surface area contributed by atoms with Crippen molar-refractivity contribution in [2.45, 2.75) is 0 Å². The van der Waals surface area contributed by atoms with Gasteiger partial charge < -0.3 is 10.1 Å². The van der Waals surface area contributed by atoms with E-state index in [-0.39, 0.29) is 11.6 Å². The van der Waals surface area contributed by atoms with Gasteiger partial charge in [0.1, 0.15) is 5.75 Å².